The number of aromatic nitrogens is 2. The molecule has 1 aromatic heterocycles. The minimum atomic E-state index is 0.107. The van der Waals surface area contributed by atoms with Gasteiger partial charge in [0.1, 0.15) is 11.3 Å². The number of morpholine rings is 1. The third-order valence-corrected chi connectivity index (χ3v) is 7.38. The number of ether oxygens (including phenoxy) is 2. The fourth-order valence-electron chi connectivity index (χ4n) is 5.45. The van der Waals surface area contributed by atoms with Crippen LogP contribution < -0.4 is 15.0 Å². The lowest BCUT2D eigenvalue weighted by atomic mass is 9.92. The van der Waals surface area contributed by atoms with E-state index in [2.05, 4.69) is 38.4 Å². The molecule has 2 aromatic carbocycles. The van der Waals surface area contributed by atoms with E-state index < -0.39 is 0 Å². The highest BCUT2D eigenvalue weighted by molar-refractivity contribution is 5.99. The fraction of sp³-hybridized carbons (Fsp3) is 0.444. The molecule has 1 aliphatic carbocycles. The van der Waals surface area contributed by atoms with E-state index in [-0.39, 0.29) is 12.0 Å². The van der Waals surface area contributed by atoms with E-state index in [1.54, 1.807) is 17.3 Å². The topological polar surface area (TPSA) is 79.8 Å². The molecule has 1 saturated heterocycles. The average molecular weight is 474 g/mol. The number of anilines is 2. The summed E-state index contributed by atoms with van der Waals surface area (Å²) in [7, 11) is 1.86. The average Bonchev–Trinajstić information content (AvgIpc) is 3.20. The maximum Gasteiger partial charge on any atom is 0.254 e. The molecule has 8 nitrogen and oxygen atoms in total. The van der Waals surface area contributed by atoms with Gasteiger partial charge in [0.05, 0.1) is 24.8 Å². The summed E-state index contributed by atoms with van der Waals surface area (Å²) < 4.78 is 12.1. The first kappa shape index (κ1) is 22.1. The number of carbonyl (C=O) groups excluding carboxylic acids is 1. The minimum absolute atomic E-state index is 0.107. The Hall–Kier alpha value is -3.39. The monoisotopic (exact) mass is 473 g/mol. The number of hydrogen-bond donors (Lipinski definition) is 1. The first-order chi connectivity index (χ1) is 17.2. The quantitative estimate of drug-likeness (QED) is 0.603. The van der Waals surface area contributed by atoms with Gasteiger partial charge < -0.3 is 24.6 Å². The van der Waals surface area contributed by atoms with Gasteiger partial charge in [-0.3, -0.25) is 9.78 Å². The van der Waals surface area contributed by atoms with Gasteiger partial charge in [0.2, 0.25) is 0 Å². The molecule has 35 heavy (non-hydrogen) atoms. The van der Waals surface area contributed by atoms with Gasteiger partial charge >= 0.3 is 0 Å². The van der Waals surface area contributed by atoms with Crippen LogP contribution in [0.15, 0.2) is 42.7 Å². The normalized spacial score (nSPS) is 22.4. The molecule has 0 bridgehead atoms. The van der Waals surface area contributed by atoms with Gasteiger partial charge in [-0.25, -0.2) is 4.98 Å². The first-order valence-electron chi connectivity index (χ1n) is 12.5. The Labute approximate surface area is 205 Å². The van der Waals surface area contributed by atoms with Gasteiger partial charge in [0.15, 0.2) is 0 Å². The van der Waals surface area contributed by atoms with Crippen LogP contribution >= 0.6 is 0 Å². The molecule has 0 unspecified atom stereocenters. The predicted molar refractivity (Wildman–Crippen MR) is 135 cm³/mol. The summed E-state index contributed by atoms with van der Waals surface area (Å²) in [6.45, 7) is 3.88. The van der Waals surface area contributed by atoms with Crippen LogP contribution in [0.4, 0.5) is 11.4 Å². The van der Waals surface area contributed by atoms with E-state index in [1.807, 2.05) is 19.2 Å². The fourth-order valence-corrected chi connectivity index (χ4v) is 5.45. The van der Waals surface area contributed by atoms with E-state index in [1.165, 1.54) is 0 Å². The maximum absolute atomic E-state index is 12.3. The molecule has 1 saturated carbocycles. The van der Waals surface area contributed by atoms with Crippen molar-refractivity contribution in [1.82, 2.24) is 14.9 Å². The van der Waals surface area contributed by atoms with Gasteiger partial charge in [-0.1, -0.05) is 6.07 Å². The molecule has 2 fully saturated rings. The van der Waals surface area contributed by atoms with Crippen LogP contribution in [0.5, 0.6) is 5.75 Å². The van der Waals surface area contributed by atoms with Gasteiger partial charge in [-0.2, -0.15) is 0 Å². The van der Waals surface area contributed by atoms with Crippen LogP contribution in [0.25, 0.3) is 11.0 Å². The van der Waals surface area contributed by atoms with Crippen molar-refractivity contribution in [3.63, 3.8) is 0 Å². The number of fused-ring (bicyclic) bond motifs is 2. The van der Waals surface area contributed by atoms with Crippen LogP contribution in [0, 0.1) is 0 Å². The number of rotatable bonds is 5. The first-order valence-corrected chi connectivity index (χ1v) is 12.5. The molecule has 1 amide bonds. The Morgan fingerprint density at radius 2 is 1.86 bits per heavy atom. The summed E-state index contributed by atoms with van der Waals surface area (Å²) in [6, 6.07) is 10.6. The van der Waals surface area contributed by atoms with E-state index in [4.69, 9.17) is 9.47 Å². The lowest BCUT2D eigenvalue weighted by molar-refractivity contribution is 0.0816. The highest BCUT2D eigenvalue weighted by Gasteiger charge is 2.29. The lowest BCUT2D eigenvalue weighted by Crippen LogP contribution is -2.36. The van der Waals surface area contributed by atoms with E-state index in [9.17, 15) is 4.79 Å². The van der Waals surface area contributed by atoms with Crippen molar-refractivity contribution < 1.29 is 14.3 Å². The van der Waals surface area contributed by atoms with Crippen LogP contribution in [0.1, 0.15) is 41.6 Å². The molecule has 2 aliphatic heterocycles. The Kier molecular flexibility index (Phi) is 5.90. The Bertz CT molecular complexity index is 1230. The number of hydrogen-bond acceptors (Lipinski definition) is 7. The Morgan fingerprint density at radius 1 is 1.06 bits per heavy atom. The number of benzene rings is 2. The highest BCUT2D eigenvalue weighted by atomic mass is 16.5. The van der Waals surface area contributed by atoms with Gasteiger partial charge in [-0.05, 0) is 43.9 Å². The van der Waals surface area contributed by atoms with Crippen LogP contribution in [0.3, 0.4) is 0 Å². The molecular weight excluding hydrogens is 442 g/mol. The third-order valence-electron chi connectivity index (χ3n) is 7.38. The van der Waals surface area contributed by atoms with Crippen molar-refractivity contribution >= 4 is 28.3 Å². The number of nitrogens with zero attached hydrogens (tertiary/aromatic N) is 4. The van der Waals surface area contributed by atoms with Crippen molar-refractivity contribution in [1.29, 1.82) is 0 Å². The summed E-state index contributed by atoms with van der Waals surface area (Å²) in [5, 5.41) is 3.71. The summed E-state index contributed by atoms with van der Waals surface area (Å²) in [5.41, 5.74) is 5.82. The lowest BCUT2D eigenvalue weighted by Gasteiger charge is -2.32. The van der Waals surface area contributed by atoms with Crippen LogP contribution in [-0.2, 0) is 11.3 Å². The molecule has 3 heterocycles. The summed E-state index contributed by atoms with van der Waals surface area (Å²) >= 11 is 0. The van der Waals surface area contributed by atoms with Gasteiger partial charge in [0, 0.05) is 73.7 Å². The van der Waals surface area contributed by atoms with Crippen molar-refractivity contribution in [2.75, 3.05) is 43.6 Å². The zero-order valence-corrected chi connectivity index (χ0v) is 20.1. The molecule has 8 heteroatoms. The second-order valence-corrected chi connectivity index (χ2v) is 9.70. The minimum Gasteiger partial charge on any atom is -0.488 e. The standard InChI is InChI=1S/C27H31N5O3/c1-31-17-22-21(27(31)33)3-2-4-23(22)30-18-5-7-20(8-6-18)35-25-16-19(32-11-13-34-14-12-32)15-24-26(25)29-10-9-28-24/h2-4,9-10,15-16,18,20,30H,5-8,11-14,17H2,1H3/t18-,20+. The number of carbonyl (C=O) groups is 1. The van der Waals surface area contributed by atoms with Crippen molar-refractivity contribution in [2.45, 2.75) is 44.4 Å². The molecule has 3 aliphatic rings. The van der Waals surface area contributed by atoms with Crippen LogP contribution in [0.2, 0.25) is 0 Å². The summed E-state index contributed by atoms with van der Waals surface area (Å²) in [5.74, 6) is 0.923. The predicted octanol–water partition coefficient (Wildman–Crippen LogP) is 3.85. The van der Waals surface area contributed by atoms with Gasteiger partial charge in [0.25, 0.3) is 5.91 Å². The molecule has 6 rings (SSSR count). The smallest absolute Gasteiger partial charge is 0.254 e. The molecule has 0 atom stereocenters. The molecule has 0 spiro atoms. The van der Waals surface area contributed by atoms with E-state index in [0.29, 0.717) is 12.6 Å². The largest absolute Gasteiger partial charge is 0.488 e. The maximum atomic E-state index is 12.3. The third kappa shape index (κ3) is 4.38. The SMILES string of the molecule is CN1Cc2c(N[C@H]3CC[C@@H](Oc4cc(N5CCOCC5)cc5nccnc45)CC3)cccc2C1=O. The Balaban J connectivity index is 1.14. The Morgan fingerprint density at radius 3 is 2.69 bits per heavy atom. The van der Waals surface area contributed by atoms with E-state index >= 15 is 0 Å². The number of amides is 1. The highest BCUT2D eigenvalue weighted by Crippen LogP contribution is 2.34. The van der Waals surface area contributed by atoms with E-state index in [0.717, 1.165) is 91.3 Å². The zero-order chi connectivity index (χ0) is 23.8. The second kappa shape index (κ2) is 9.34. The summed E-state index contributed by atoms with van der Waals surface area (Å²) in [6.07, 6.45) is 7.58. The summed E-state index contributed by atoms with van der Waals surface area (Å²) in [4.78, 5) is 25.6. The molecular formula is C27H31N5O3. The number of nitrogens with one attached hydrogen (secondary N) is 1. The zero-order valence-electron chi connectivity index (χ0n) is 20.1. The van der Waals surface area contributed by atoms with Crippen molar-refractivity contribution in [3.05, 3.63) is 53.9 Å². The molecule has 182 valence electrons. The molecule has 1 N–H and O–H groups in total. The van der Waals surface area contributed by atoms with Crippen LogP contribution in [-0.4, -0.2) is 66.3 Å². The van der Waals surface area contributed by atoms with Crippen molar-refractivity contribution in [2.24, 2.45) is 0 Å². The van der Waals surface area contributed by atoms with Crippen molar-refractivity contribution in [3.8, 4) is 5.75 Å². The molecule has 0 radical (unpaired) electrons. The molecule has 3 aromatic rings. The van der Waals surface area contributed by atoms with Gasteiger partial charge in [-0.15, -0.1) is 0 Å². The second-order valence-electron chi connectivity index (χ2n) is 9.70.